The van der Waals surface area contributed by atoms with Crippen molar-refractivity contribution in [3.05, 3.63) is 77.4 Å². The average molecular weight is 400 g/mol. The van der Waals surface area contributed by atoms with Gasteiger partial charge in [-0.2, -0.15) is 0 Å². The molecule has 1 fully saturated rings. The fraction of sp³-hybridized carbons (Fsp3) is 0.240. The first-order chi connectivity index (χ1) is 14.4. The van der Waals surface area contributed by atoms with Crippen molar-refractivity contribution in [2.45, 2.75) is 19.8 Å². The van der Waals surface area contributed by atoms with Gasteiger partial charge in [-0.05, 0) is 30.7 Å². The molecule has 1 heterocycles. The first-order valence-electron chi connectivity index (χ1n) is 9.81. The van der Waals surface area contributed by atoms with E-state index in [-0.39, 0.29) is 5.78 Å². The number of aryl methyl sites for hydroxylation is 1. The van der Waals surface area contributed by atoms with Crippen molar-refractivity contribution >= 4 is 28.5 Å². The Labute approximate surface area is 173 Å². The van der Waals surface area contributed by atoms with Gasteiger partial charge in [0.15, 0.2) is 11.2 Å². The van der Waals surface area contributed by atoms with Crippen molar-refractivity contribution < 1.29 is 23.9 Å². The van der Waals surface area contributed by atoms with E-state index in [4.69, 9.17) is 9.47 Å². The van der Waals surface area contributed by atoms with Crippen molar-refractivity contribution in [2.75, 3.05) is 7.11 Å². The number of esters is 2. The van der Waals surface area contributed by atoms with Crippen LogP contribution < -0.4 is 4.74 Å². The van der Waals surface area contributed by atoms with Gasteiger partial charge in [-0.15, -0.1) is 0 Å². The lowest BCUT2D eigenvalue weighted by Crippen LogP contribution is -2.39. The minimum atomic E-state index is -1.69. The van der Waals surface area contributed by atoms with Crippen LogP contribution in [0.15, 0.2) is 60.7 Å². The smallest absolute Gasteiger partial charge is 0.330 e. The summed E-state index contributed by atoms with van der Waals surface area (Å²) < 4.78 is 10.7. The summed E-state index contributed by atoms with van der Waals surface area (Å²) in [5.41, 5.74) is -0.817. The fourth-order valence-electron chi connectivity index (χ4n) is 5.19. The van der Waals surface area contributed by atoms with Crippen LogP contribution in [0.1, 0.15) is 34.3 Å². The van der Waals surface area contributed by atoms with Crippen LogP contribution in [0.4, 0.5) is 0 Å². The molecular weight excluding hydrogens is 380 g/mol. The number of methoxy groups -OCH3 is 1. The Balaban J connectivity index is 1.78. The van der Waals surface area contributed by atoms with Gasteiger partial charge in [-0.1, -0.05) is 60.2 Å². The molecular formula is C25H20O5. The molecule has 0 amide bonds. The van der Waals surface area contributed by atoms with Gasteiger partial charge < -0.3 is 9.47 Å². The molecule has 0 N–H and O–H groups in total. The predicted molar refractivity (Wildman–Crippen MR) is 110 cm³/mol. The number of benzene rings is 3. The topological polar surface area (TPSA) is 69.7 Å². The summed E-state index contributed by atoms with van der Waals surface area (Å²) in [5, 5.41) is 1.81. The lowest BCUT2D eigenvalue weighted by Gasteiger charge is -2.22. The number of carbonyl (C=O) groups is 3. The Morgan fingerprint density at radius 2 is 1.70 bits per heavy atom. The highest BCUT2D eigenvalue weighted by Gasteiger charge is 2.89. The second-order valence-corrected chi connectivity index (χ2v) is 8.22. The first-order valence-corrected chi connectivity index (χ1v) is 9.81. The van der Waals surface area contributed by atoms with E-state index in [2.05, 4.69) is 0 Å². The Kier molecular flexibility index (Phi) is 3.72. The normalized spacial score (nSPS) is 26.4. The van der Waals surface area contributed by atoms with Gasteiger partial charge in [0.25, 0.3) is 0 Å². The lowest BCUT2D eigenvalue weighted by molar-refractivity contribution is -0.160. The first kappa shape index (κ1) is 18.6. The molecule has 3 atom stereocenters. The van der Waals surface area contributed by atoms with Crippen molar-refractivity contribution in [1.82, 2.24) is 0 Å². The molecule has 5 nitrogen and oxygen atoms in total. The van der Waals surface area contributed by atoms with E-state index >= 15 is 0 Å². The molecule has 0 radical (unpaired) electrons. The Bertz CT molecular complexity index is 1240. The van der Waals surface area contributed by atoms with Crippen molar-refractivity contribution in [1.29, 1.82) is 0 Å². The maximum atomic E-state index is 13.7. The highest BCUT2D eigenvalue weighted by atomic mass is 16.6. The summed E-state index contributed by atoms with van der Waals surface area (Å²) in [6.45, 7) is 3.61. The largest absolute Gasteiger partial charge is 0.468 e. The molecule has 150 valence electrons. The summed E-state index contributed by atoms with van der Waals surface area (Å²) in [4.78, 5) is 39.9. The SMILES string of the molecule is COC(=O)[C@]12C(=O)Oc3ccc4ccccc4c3[C@H]1[C@]2(C)C(=O)c1ccc(C)cc1. The van der Waals surface area contributed by atoms with E-state index in [1.165, 1.54) is 7.11 Å². The van der Waals surface area contributed by atoms with Gasteiger partial charge in [-0.25, -0.2) is 0 Å². The molecule has 1 aliphatic carbocycles. The number of Topliss-reactive ketones (excluding diaryl/α,β-unsaturated/α-hetero) is 1. The fourth-order valence-corrected chi connectivity index (χ4v) is 5.19. The van der Waals surface area contributed by atoms with E-state index in [0.717, 1.165) is 16.3 Å². The minimum absolute atomic E-state index is 0.268. The molecule has 5 heteroatoms. The van der Waals surface area contributed by atoms with Crippen LogP contribution in [0.25, 0.3) is 10.8 Å². The summed E-state index contributed by atoms with van der Waals surface area (Å²) in [6.07, 6.45) is 0. The Morgan fingerprint density at radius 3 is 2.40 bits per heavy atom. The van der Waals surface area contributed by atoms with Crippen molar-refractivity contribution in [3.8, 4) is 5.75 Å². The zero-order valence-electron chi connectivity index (χ0n) is 16.9. The Morgan fingerprint density at radius 1 is 1.00 bits per heavy atom. The van der Waals surface area contributed by atoms with Crippen LogP contribution >= 0.6 is 0 Å². The summed E-state index contributed by atoms with van der Waals surface area (Å²) in [6, 6.07) is 18.4. The highest BCUT2D eigenvalue weighted by Crippen LogP contribution is 2.79. The number of ether oxygens (including phenoxy) is 2. The third-order valence-electron chi connectivity index (χ3n) is 6.78. The summed E-state index contributed by atoms with van der Waals surface area (Å²) >= 11 is 0. The molecule has 1 saturated carbocycles. The maximum absolute atomic E-state index is 13.7. The molecule has 2 aliphatic rings. The van der Waals surface area contributed by atoms with Crippen LogP contribution in [-0.4, -0.2) is 24.8 Å². The molecule has 3 aromatic carbocycles. The molecule has 0 aromatic heterocycles. The molecule has 0 spiro atoms. The molecule has 0 bridgehead atoms. The number of rotatable bonds is 3. The van der Waals surface area contributed by atoms with E-state index < -0.39 is 28.7 Å². The minimum Gasteiger partial charge on any atom is -0.468 e. The van der Waals surface area contributed by atoms with Crippen LogP contribution in [0.5, 0.6) is 5.75 Å². The average Bonchev–Trinajstić information content (AvgIpc) is 3.35. The summed E-state index contributed by atoms with van der Waals surface area (Å²) in [5.74, 6) is -2.00. The third-order valence-corrected chi connectivity index (χ3v) is 6.78. The number of fused-ring (bicyclic) bond motifs is 5. The zero-order valence-corrected chi connectivity index (χ0v) is 16.9. The van der Waals surface area contributed by atoms with E-state index in [1.54, 1.807) is 25.1 Å². The van der Waals surface area contributed by atoms with Crippen LogP contribution in [0.3, 0.4) is 0 Å². The number of ketones is 1. The Hall–Kier alpha value is -3.47. The molecule has 30 heavy (non-hydrogen) atoms. The van der Waals surface area contributed by atoms with Gasteiger partial charge in [0, 0.05) is 17.0 Å². The van der Waals surface area contributed by atoms with Crippen molar-refractivity contribution in [2.24, 2.45) is 10.8 Å². The number of hydrogen-bond acceptors (Lipinski definition) is 5. The standard InChI is InChI=1S/C25H20O5/c1-14-8-10-16(11-9-14)21(26)24(2)20-19-17-7-5-4-6-15(17)12-13-18(19)30-23(28)25(20,24)22(27)29-3/h4-13,20H,1-3H3/t20-,24+,25-/m0/s1. The monoisotopic (exact) mass is 400 g/mol. The molecule has 3 aromatic rings. The van der Waals surface area contributed by atoms with E-state index in [1.807, 2.05) is 49.4 Å². The van der Waals surface area contributed by atoms with Gasteiger partial charge in [0.05, 0.1) is 12.5 Å². The highest BCUT2D eigenvalue weighted by molar-refractivity contribution is 6.21. The van der Waals surface area contributed by atoms with Crippen molar-refractivity contribution in [3.63, 3.8) is 0 Å². The quantitative estimate of drug-likeness (QED) is 0.285. The van der Waals surface area contributed by atoms with E-state index in [9.17, 15) is 14.4 Å². The summed E-state index contributed by atoms with van der Waals surface area (Å²) in [7, 11) is 1.23. The molecule has 1 aliphatic heterocycles. The van der Waals surface area contributed by atoms with E-state index in [0.29, 0.717) is 16.9 Å². The second-order valence-electron chi connectivity index (χ2n) is 8.22. The van der Waals surface area contributed by atoms with Crippen LogP contribution in [-0.2, 0) is 14.3 Å². The number of carbonyl (C=O) groups excluding carboxylic acids is 3. The van der Waals surface area contributed by atoms with Gasteiger partial charge >= 0.3 is 11.9 Å². The third kappa shape index (κ3) is 2.04. The molecule has 5 rings (SSSR count). The van der Waals surface area contributed by atoms with Crippen LogP contribution in [0, 0.1) is 17.8 Å². The van der Waals surface area contributed by atoms with Gasteiger partial charge in [0.2, 0.25) is 0 Å². The predicted octanol–water partition coefficient (Wildman–Crippen LogP) is 4.21. The molecule has 0 unspecified atom stereocenters. The lowest BCUT2D eigenvalue weighted by atomic mass is 9.86. The maximum Gasteiger partial charge on any atom is 0.330 e. The number of hydrogen-bond donors (Lipinski definition) is 0. The second kappa shape index (κ2) is 6.02. The zero-order chi connectivity index (χ0) is 21.3. The van der Waals surface area contributed by atoms with Crippen LogP contribution in [0.2, 0.25) is 0 Å². The van der Waals surface area contributed by atoms with Gasteiger partial charge in [-0.3, -0.25) is 14.4 Å². The molecule has 0 saturated heterocycles. The van der Waals surface area contributed by atoms with Gasteiger partial charge in [0.1, 0.15) is 5.75 Å².